The summed E-state index contributed by atoms with van der Waals surface area (Å²) in [6, 6.07) is 31.9. The summed E-state index contributed by atoms with van der Waals surface area (Å²) in [5.74, 6) is 2.39. The van der Waals surface area contributed by atoms with E-state index in [1.807, 2.05) is 0 Å². The second-order valence-electron chi connectivity index (χ2n) is 18.6. The molecule has 12 atom stereocenters. The summed E-state index contributed by atoms with van der Waals surface area (Å²) in [5, 5.41) is 21.6. The quantitative estimate of drug-likeness (QED) is 0.143. The summed E-state index contributed by atoms with van der Waals surface area (Å²) in [6.07, 6.45) is 10.1. The Hall–Kier alpha value is -2.80. The van der Waals surface area contributed by atoms with E-state index in [0.29, 0.717) is 55.3 Å². The number of aliphatic hydroxyl groups excluding tert-OH is 2. The zero-order chi connectivity index (χ0) is 38.6. The highest BCUT2D eigenvalue weighted by Crippen LogP contribution is 2.68. The number of rotatable bonds is 16. The molecule has 3 aromatic rings. The first-order valence-electron chi connectivity index (χ1n) is 21.6. The monoisotopic (exact) mass is 749 g/mol. The van der Waals surface area contributed by atoms with Gasteiger partial charge in [-0.05, 0) is 114 Å². The van der Waals surface area contributed by atoms with Crippen molar-refractivity contribution >= 4 is 0 Å². The van der Waals surface area contributed by atoms with Gasteiger partial charge >= 0.3 is 0 Å². The van der Waals surface area contributed by atoms with Gasteiger partial charge in [-0.2, -0.15) is 0 Å². The number of benzene rings is 3. The van der Waals surface area contributed by atoms with Crippen molar-refractivity contribution < 1.29 is 24.4 Å². The SMILES string of the molecule is CC(C)C(CCO)CC(O)C(C)C1=CCC2C3C(OCc4ccccc4)C(OCc4ccccc4)C4CC(OCc5ccccc5)CCC4(C)C3CCC12C. The highest BCUT2D eigenvalue weighted by atomic mass is 16.5. The Kier molecular flexibility index (Phi) is 13.1. The van der Waals surface area contributed by atoms with Gasteiger partial charge in [-0.1, -0.05) is 137 Å². The summed E-state index contributed by atoms with van der Waals surface area (Å²) in [7, 11) is 0. The van der Waals surface area contributed by atoms with E-state index < -0.39 is 6.10 Å². The van der Waals surface area contributed by atoms with Crippen LogP contribution in [-0.2, 0) is 34.0 Å². The summed E-state index contributed by atoms with van der Waals surface area (Å²) < 4.78 is 21.4. The highest BCUT2D eigenvalue weighted by Gasteiger charge is 2.65. The van der Waals surface area contributed by atoms with E-state index in [1.54, 1.807) is 0 Å². The molecule has 0 spiro atoms. The Morgan fingerprint density at radius 2 is 1.25 bits per heavy atom. The number of aliphatic hydroxyl groups is 2. The number of ether oxygens (including phenoxy) is 3. The van der Waals surface area contributed by atoms with Crippen molar-refractivity contribution in [3.8, 4) is 0 Å². The first kappa shape index (κ1) is 40.4. The molecule has 0 radical (unpaired) electrons. The predicted molar refractivity (Wildman–Crippen MR) is 221 cm³/mol. The molecule has 0 saturated heterocycles. The van der Waals surface area contributed by atoms with Gasteiger partial charge in [-0.15, -0.1) is 0 Å². The van der Waals surface area contributed by atoms with Crippen molar-refractivity contribution in [1.82, 2.24) is 0 Å². The van der Waals surface area contributed by atoms with E-state index in [-0.39, 0.29) is 41.7 Å². The average molecular weight is 749 g/mol. The molecule has 5 heteroatoms. The Balaban J connectivity index is 1.21. The summed E-state index contributed by atoms with van der Waals surface area (Å²) in [4.78, 5) is 0. The number of allylic oxidation sites excluding steroid dienone is 1. The van der Waals surface area contributed by atoms with Crippen LogP contribution in [0.2, 0.25) is 0 Å². The van der Waals surface area contributed by atoms with Gasteiger partial charge in [0.15, 0.2) is 0 Å². The molecule has 5 nitrogen and oxygen atoms in total. The summed E-state index contributed by atoms with van der Waals surface area (Å²) in [5.41, 5.74) is 5.17. The van der Waals surface area contributed by atoms with Gasteiger partial charge < -0.3 is 24.4 Å². The predicted octanol–water partition coefficient (Wildman–Crippen LogP) is 10.6. The Morgan fingerprint density at radius 1 is 0.691 bits per heavy atom. The third-order valence-corrected chi connectivity index (χ3v) is 15.2. The third-order valence-electron chi connectivity index (χ3n) is 15.2. The smallest absolute Gasteiger partial charge is 0.0878 e. The van der Waals surface area contributed by atoms with Gasteiger partial charge in [0.2, 0.25) is 0 Å². The minimum atomic E-state index is -0.426. The lowest BCUT2D eigenvalue weighted by Gasteiger charge is -2.65. The molecule has 7 rings (SSSR count). The van der Waals surface area contributed by atoms with E-state index in [4.69, 9.17) is 14.2 Å². The maximum atomic E-state index is 11.8. The molecular formula is C50H68O5. The fraction of sp³-hybridized carbons (Fsp3) is 0.600. The molecule has 298 valence electrons. The van der Waals surface area contributed by atoms with Crippen LogP contribution >= 0.6 is 0 Å². The Bertz CT molecular complexity index is 1660. The highest BCUT2D eigenvalue weighted by molar-refractivity contribution is 5.29. The van der Waals surface area contributed by atoms with Crippen molar-refractivity contribution in [3.05, 3.63) is 119 Å². The Morgan fingerprint density at radius 3 is 1.82 bits per heavy atom. The van der Waals surface area contributed by atoms with Gasteiger partial charge in [0.25, 0.3) is 0 Å². The van der Waals surface area contributed by atoms with Crippen LogP contribution in [0.4, 0.5) is 0 Å². The Labute approximate surface area is 331 Å². The standard InChI is InChI=1S/C50H68O5/c1-34(2)39(25-28-51)29-45(52)35(3)41-21-22-42-46-43(24-27-49(41,42)4)50(5)26-23-40(53-31-36-15-9-6-10-16-36)30-44(50)47(54-32-37-17-11-7-12-18-37)48(46)55-33-38-19-13-8-14-20-38/h6-21,34-35,39-40,42-48,51-52H,22-33H2,1-5H3. The van der Waals surface area contributed by atoms with Crippen LogP contribution in [0.3, 0.4) is 0 Å². The number of fused-ring (bicyclic) bond motifs is 5. The van der Waals surface area contributed by atoms with Crippen molar-refractivity contribution in [2.24, 2.45) is 52.3 Å². The van der Waals surface area contributed by atoms with Crippen LogP contribution in [0.1, 0.15) is 103 Å². The van der Waals surface area contributed by atoms with Crippen LogP contribution in [0, 0.1) is 52.3 Å². The molecule has 4 aliphatic carbocycles. The fourth-order valence-corrected chi connectivity index (χ4v) is 12.0. The topological polar surface area (TPSA) is 68.2 Å². The van der Waals surface area contributed by atoms with E-state index in [2.05, 4.69) is 132 Å². The molecule has 0 aromatic heterocycles. The number of hydrogen-bond donors (Lipinski definition) is 2. The average Bonchev–Trinajstić information content (AvgIpc) is 3.56. The van der Waals surface area contributed by atoms with E-state index in [1.165, 1.54) is 22.3 Å². The molecule has 3 saturated carbocycles. The van der Waals surface area contributed by atoms with Gasteiger partial charge in [-0.3, -0.25) is 0 Å². The van der Waals surface area contributed by atoms with Crippen molar-refractivity contribution in [2.45, 2.75) is 130 Å². The molecule has 3 aromatic carbocycles. The van der Waals surface area contributed by atoms with Crippen LogP contribution < -0.4 is 0 Å². The van der Waals surface area contributed by atoms with Gasteiger partial charge in [0.05, 0.1) is 44.2 Å². The number of hydrogen-bond acceptors (Lipinski definition) is 5. The van der Waals surface area contributed by atoms with Crippen LogP contribution in [0.15, 0.2) is 103 Å². The molecule has 55 heavy (non-hydrogen) atoms. The first-order chi connectivity index (χ1) is 26.6. The molecular weight excluding hydrogens is 681 g/mol. The first-order valence-corrected chi connectivity index (χ1v) is 21.6. The van der Waals surface area contributed by atoms with Crippen LogP contribution in [-0.4, -0.2) is 41.2 Å². The zero-order valence-corrected chi connectivity index (χ0v) is 34.2. The lowest BCUT2D eigenvalue weighted by atomic mass is 9.43. The van der Waals surface area contributed by atoms with Gasteiger partial charge in [0, 0.05) is 12.5 Å². The van der Waals surface area contributed by atoms with Crippen LogP contribution in [0.5, 0.6) is 0 Å². The zero-order valence-electron chi connectivity index (χ0n) is 34.2. The maximum Gasteiger partial charge on any atom is 0.0878 e. The molecule has 2 N–H and O–H groups in total. The molecule has 0 bridgehead atoms. The second kappa shape index (κ2) is 17.8. The molecule has 0 aliphatic heterocycles. The van der Waals surface area contributed by atoms with E-state index in [9.17, 15) is 10.2 Å². The lowest BCUT2D eigenvalue weighted by Crippen LogP contribution is -2.65. The third kappa shape index (κ3) is 8.58. The van der Waals surface area contributed by atoms with Gasteiger partial charge in [0.1, 0.15) is 0 Å². The van der Waals surface area contributed by atoms with E-state index in [0.717, 1.165) is 51.4 Å². The lowest BCUT2D eigenvalue weighted by molar-refractivity contribution is -0.252. The molecule has 12 unspecified atom stereocenters. The summed E-state index contributed by atoms with van der Waals surface area (Å²) in [6.45, 7) is 13.8. The van der Waals surface area contributed by atoms with Gasteiger partial charge in [-0.25, -0.2) is 0 Å². The van der Waals surface area contributed by atoms with Crippen molar-refractivity contribution in [2.75, 3.05) is 6.61 Å². The minimum absolute atomic E-state index is 0.0105. The fourth-order valence-electron chi connectivity index (χ4n) is 12.0. The second-order valence-corrected chi connectivity index (χ2v) is 18.6. The maximum absolute atomic E-state index is 11.8. The molecule has 3 fully saturated rings. The largest absolute Gasteiger partial charge is 0.396 e. The van der Waals surface area contributed by atoms with E-state index >= 15 is 0 Å². The summed E-state index contributed by atoms with van der Waals surface area (Å²) >= 11 is 0. The van der Waals surface area contributed by atoms with Crippen molar-refractivity contribution in [3.63, 3.8) is 0 Å². The van der Waals surface area contributed by atoms with Crippen molar-refractivity contribution in [1.29, 1.82) is 0 Å². The minimum Gasteiger partial charge on any atom is -0.396 e. The van der Waals surface area contributed by atoms with Crippen LogP contribution in [0.25, 0.3) is 0 Å². The molecule has 0 heterocycles. The molecule has 4 aliphatic rings. The normalized spacial score (nSPS) is 33.2. The molecule has 0 amide bonds.